The molecular formula is C21H26N6. The molecule has 1 aromatic carbocycles. The highest BCUT2D eigenvalue weighted by Crippen LogP contribution is 2.08. The lowest BCUT2D eigenvalue weighted by Gasteiger charge is -2.13. The molecule has 2 aromatic heterocycles. The standard InChI is InChI=1S/C21H26N6/c1-17-23-12-13-27(17)16-19-7-5-6-18(14-19)15-26-21(22-2)25-11-9-20-8-3-4-10-24-20/h3-8,10,12-14H,9,11,15-16H2,1-2H3,(H2,22,25,26). The average molecular weight is 362 g/mol. The molecule has 6 nitrogen and oxygen atoms in total. The van der Waals surface area contributed by atoms with Gasteiger partial charge in [-0.05, 0) is 30.2 Å². The summed E-state index contributed by atoms with van der Waals surface area (Å²) in [5.41, 5.74) is 3.55. The van der Waals surface area contributed by atoms with E-state index in [0.717, 1.165) is 43.5 Å². The number of guanidine groups is 1. The van der Waals surface area contributed by atoms with E-state index in [4.69, 9.17) is 0 Å². The van der Waals surface area contributed by atoms with Crippen molar-refractivity contribution in [2.75, 3.05) is 13.6 Å². The summed E-state index contributed by atoms with van der Waals surface area (Å²) in [5, 5.41) is 6.70. The summed E-state index contributed by atoms with van der Waals surface area (Å²) in [6.45, 7) is 4.36. The summed E-state index contributed by atoms with van der Waals surface area (Å²) in [5.74, 6) is 1.82. The van der Waals surface area contributed by atoms with Crippen LogP contribution in [0.15, 0.2) is 66.0 Å². The minimum absolute atomic E-state index is 0.722. The Morgan fingerprint density at radius 1 is 1.04 bits per heavy atom. The van der Waals surface area contributed by atoms with Crippen molar-refractivity contribution in [2.45, 2.75) is 26.4 Å². The van der Waals surface area contributed by atoms with Gasteiger partial charge in [-0.3, -0.25) is 9.98 Å². The molecule has 3 rings (SSSR count). The zero-order chi connectivity index (χ0) is 18.9. The molecule has 140 valence electrons. The van der Waals surface area contributed by atoms with Crippen LogP contribution < -0.4 is 10.6 Å². The molecule has 0 radical (unpaired) electrons. The van der Waals surface area contributed by atoms with E-state index in [-0.39, 0.29) is 0 Å². The highest BCUT2D eigenvalue weighted by molar-refractivity contribution is 5.79. The van der Waals surface area contributed by atoms with Crippen LogP contribution in [0.2, 0.25) is 0 Å². The molecule has 0 saturated carbocycles. The van der Waals surface area contributed by atoms with Crippen molar-refractivity contribution in [3.63, 3.8) is 0 Å². The largest absolute Gasteiger partial charge is 0.356 e. The van der Waals surface area contributed by atoms with Crippen LogP contribution >= 0.6 is 0 Å². The third-order valence-electron chi connectivity index (χ3n) is 4.35. The number of nitrogens with zero attached hydrogens (tertiary/aromatic N) is 4. The Bertz CT molecular complexity index is 869. The Kier molecular flexibility index (Phi) is 6.57. The fraction of sp³-hybridized carbons (Fsp3) is 0.286. The summed E-state index contributed by atoms with van der Waals surface area (Å²) >= 11 is 0. The molecule has 0 bridgehead atoms. The molecular weight excluding hydrogens is 336 g/mol. The fourth-order valence-corrected chi connectivity index (χ4v) is 2.87. The maximum atomic E-state index is 4.33. The molecule has 3 aromatic rings. The number of aliphatic imine (C=N–C) groups is 1. The predicted octanol–water partition coefficient (Wildman–Crippen LogP) is 2.54. The SMILES string of the molecule is CN=C(NCCc1ccccn1)NCc1cccc(Cn2ccnc2C)c1. The number of aromatic nitrogens is 3. The second-order valence-corrected chi connectivity index (χ2v) is 6.35. The Hall–Kier alpha value is -3.15. The van der Waals surface area contributed by atoms with Crippen LogP contribution in [0.25, 0.3) is 0 Å². The number of rotatable bonds is 7. The second kappa shape index (κ2) is 9.52. The Balaban J connectivity index is 1.49. The van der Waals surface area contributed by atoms with Crippen molar-refractivity contribution in [3.05, 3.63) is 83.7 Å². The van der Waals surface area contributed by atoms with Gasteiger partial charge in [-0.2, -0.15) is 0 Å². The lowest BCUT2D eigenvalue weighted by molar-refractivity contribution is 0.757. The van der Waals surface area contributed by atoms with Crippen LogP contribution in [0, 0.1) is 6.92 Å². The van der Waals surface area contributed by atoms with Gasteiger partial charge in [0.25, 0.3) is 0 Å². The van der Waals surface area contributed by atoms with E-state index < -0.39 is 0 Å². The third-order valence-corrected chi connectivity index (χ3v) is 4.35. The van der Waals surface area contributed by atoms with Gasteiger partial charge in [-0.1, -0.05) is 30.3 Å². The second-order valence-electron chi connectivity index (χ2n) is 6.35. The van der Waals surface area contributed by atoms with Gasteiger partial charge >= 0.3 is 0 Å². The third kappa shape index (κ3) is 5.67. The molecule has 27 heavy (non-hydrogen) atoms. The zero-order valence-corrected chi connectivity index (χ0v) is 15.9. The molecule has 0 amide bonds. The Labute approximate surface area is 160 Å². The van der Waals surface area contributed by atoms with Crippen LogP contribution in [0.4, 0.5) is 0 Å². The number of hydrogen-bond donors (Lipinski definition) is 2. The van der Waals surface area contributed by atoms with Crippen LogP contribution in [0.3, 0.4) is 0 Å². The topological polar surface area (TPSA) is 67.1 Å². The number of pyridine rings is 1. The maximum Gasteiger partial charge on any atom is 0.191 e. The average Bonchev–Trinajstić information content (AvgIpc) is 3.10. The molecule has 0 spiro atoms. The highest BCUT2D eigenvalue weighted by Gasteiger charge is 2.02. The summed E-state index contributed by atoms with van der Waals surface area (Å²) in [6, 6.07) is 14.5. The molecule has 2 heterocycles. The first-order valence-corrected chi connectivity index (χ1v) is 9.14. The van der Waals surface area contributed by atoms with Crippen molar-refractivity contribution in [3.8, 4) is 0 Å². The number of nitrogens with one attached hydrogen (secondary N) is 2. The van der Waals surface area contributed by atoms with E-state index in [2.05, 4.69) is 54.4 Å². The molecule has 0 saturated heterocycles. The van der Waals surface area contributed by atoms with Crippen molar-refractivity contribution in [1.82, 2.24) is 25.2 Å². The quantitative estimate of drug-likeness (QED) is 0.501. The first-order valence-electron chi connectivity index (χ1n) is 9.14. The highest BCUT2D eigenvalue weighted by atomic mass is 15.2. The van der Waals surface area contributed by atoms with E-state index >= 15 is 0 Å². The summed E-state index contributed by atoms with van der Waals surface area (Å²) in [4.78, 5) is 12.9. The van der Waals surface area contributed by atoms with E-state index in [1.807, 2.05) is 43.7 Å². The van der Waals surface area contributed by atoms with Crippen LogP contribution in [0.5, 0.6) is 0 Å². The van der Waals surface area contributed by atoms with Gasteiger partial charge in [0.05, 0.1) is 0 Å². The van der Waals surface area contributed by atoms with E-state index in [0.29, 0.717) is 0 Å². The maximum absolute atomic E-state index is 4.33. The predicted molar refractivity (Wildman–Crippen MR) is 109 cm³/mol. The van der Waals surface area contributed by atoms with E-state index in [1.54, 1.807) is 7.05 Å². The summed E-state index contributed by atoms with van der Waals surface area (Å²) < 4.78 is 2.14. The number of imidazole rings is 1. The van der Waals surface area contributed by atoms with Crippen molar-refractivity contribution < 1.29 is 0 Å². The van der Waals surface area contributed by atoms with Crippen LogP contribution in [-0.4, -0.2) is 34.1 Å². The Morgan fingerprint density at radius 2 is 1.93 bits per heavy atom. The van der Waals surface area contributed by atoms with Gasteiger partial charge in [-0.25, -0.2) is 4.98 Å². The lowest BCUT2D eigenvalue weighted by Crippen LogP contribution is -2.37. The normalized spacial score (nSPS) is 11.4. The molecule has 0 unspecified atom stereocenters. The van der Waals surface area contributed by atoms with Crippen LogP contribution in [0.1, 0.15) is 22.6 Å². The molecule has 0 aliphatic carbocycles. The van der Waals surface area contributed by atoms with Crippen molar-refractivity contribution in [2.24, 2.45) is 4.99 Å². The first kappa shape index (κ1) is 18.6. The minimum atomic E-state index is 0.722. The first-order chi connectivity index (χ1) is 13.2. The molecule has 6 heteroatoms. The molecule has 0 fully saturated rings. The summed E-state index contributed by atoms with van der Waals surface area (Å²) in [7, 11) is 1.79. The van der Waals surface area contributed by atoms with Gasteiger partial charge in [0.2, 0.25) is 0 Å². The van der Waals surface area contributed by atoms with Gasteiger partial charge in [0.15, 0.2) is 5.96 Å². The van der Waals surface area contributed by atoms with E-state index in [9.17, 15) is 0 Å². The smallest absolute Gasteiger partial charge is 0.191 e. The van der Waals surface area contributed by atoms with Gasteiger partial charge in [-0.15, -0.1) is 0 Å². The van der Waals surface area contributed by atoms with Gasteiger partial charge < -0.3 is 15.2 Å². The lowest BCUT2D eigenvalue weighted by atomic mass is 10.1. The summed E-state index contributed by atoms with van der Waals surface area (Å²) in [6.07, 6.45) is 6.52. The number of benzene rings is 1. The number of aryl methyl sites for hydroxylation is 1. The Morgan fingerprint density at radius 3 is 2.67 bits per heavy atom. The molecule has 2 N–H and O–H groups in total. The monoisotopic (exact) mass is 362 g/mol. The minimum Gasteiger partial charge on any atom is -0.356 e. The molecule has 0 aliphatic rings. The zero-order valence-electron chi connectivity index (χ0n) is 15.9. The molecule has 0 atom stereocenters. The van der Waals surface area contributed by atoms with Crippen LogP contribution in [-0.2, 0) is 19.5 Å². The van der Waals surface area contributed by atoms with Crippen molar-refractivity contribution in [1.29, 1.82) is 0 Å². The van der Waals surface area contributed by atoms with Crippen molar-refractivity contribution >= 4 is 5.96 Å². The number of hydrogen-bond acceptors (Lipinski definition) is 3. The molecule has 0 aliphatic heterocycles. The van der Waals surface area contributed by atoms with Gasteiger partial charge in [0, 0.05) is 57.4 Å². The van der Waals surface area contributed by atoms with E-state index in [1.165, 1.54) is 11.1 Å². The fourth-order valence-electron chi connectivity index (χ4n) is 2.87. The van der Waals surface area contributed by atoms with Gasteiger partial charge in [0.1, 0.15) is 5.82 Å².